The van der Waals surface area contributed by atoms with Crippen LogP contribution in [0.5, 0.6) is 0 Å². The molecule has 0 saturated heterocycles. The zero-order chi connectivity index (χ0) is 8.10. The van der Waals surface area contributed by atoms with Crippen molar-refractivity contribution in [3.63, 3.8) is 0 Å². The second kappa shape index (κ2) is 4.68. The zero-order valence-corrected chi connectivity index (χ0v) is 8.00. The third-order valence-corrected chi connectivity index (χ3v) is 2.92. The maximum Gasteiger partial charge on any atom is 0.0620 e. The molecular formula is C9H10ClS. The summed E-state index contributed by atoms with van der Waals surface area (Å²) in [5.41, 5.74) is 0. The summed E-state index contributed by atoms with van der Waals surface area (Å²) in [5.74, 6) is 1.12. The molecule has 0 unspecified atom stereocenters. The van der Waals surface area contributed by atoms with Crippen molar-refractivity contribution in [3.05, 3.63) is 29.3 Å². The van der Waals surface area contributed by atoms with E-state index in [1.807, 2.05) is 18.2 Å². The van der Waals surface area contributed by atoms with Crippen molar-refractivity contribution in [1.82, 2.24) is 0 Å². The average molecular weight is 186 g/mol. The van der Waals surface area contributed by atoms with Gasteiger partial charge in [0.25, 0.3) is 0 Å². The van der Waals surface area contributed by atoms with Gasteiger partial charge in [0.2, 0.25) is 0 Å². The van der Waals surface area contributed by atoms with E-state index in [2.05, 4.69) is 13.0 Å². The van der Waals surface area contributed by atoms with Crippen molar-refractivity contribution in [2.45, 2.75) is 18.2 Å². The molecule has 0 aromatic heterocycles. The van der Waals surface area contributed by atoms with E-state index in [9.17, 15) is 0 Å². The van der Waals surface area contributed by atoms with Gasteiger partial charge < -0.3 is 0 Å². The molecule has 0 atom stereocenters. The van der Waals surface area contributed by atoms with Crippen molar-refractivity contribution in [1.29, 1.82) is 0 Å². The number of hydrogen-bond donors (Lipinski definition) is 0. The number of rotatable bonds is 3. The van der Waals surface area contributed by atoms with Crippen molar-refractivity contribution in [2.24, 2.45) is 0 Å². The van der Waals surface area contributed by atoms with Crippen LogP contribution in [0.2, 0.25) is 5.02 Å². The minimum atomic E-state index is 0.742. The second-order valence-electron chi connectivity index (χ2n) is 2.20. The van der Waals surface area contributed by atoms with E-state index in [1.54, 1.807) is 11.8 Å². The highest BCUT2D eigenvalue weighted by molar-refractivity contribution is 7.99. The first-order chi connectivity index (χ1) is 5.34. The van der Waals surface area contributed by atoms with E-state index in [-0.39, 0.29) is 0 Å². The second-order valence-corrected chi connectivity index (χ2v) is 3.71. The normalized spacial score (nSPS) is 10.0. The summed E-state index contributed by atoms with van der Waals surface area (Å²) >= 11 is 7.67. The maximum atomic E-state index is 5.88. The summed E-state index contributed by atoms with van der Waals surface area (Å²) in [7, 11) is 0. The maximum absolute atomic E-state index is 5.88. The van der Waals surface area contributed by atoms with Gasteiger partial charge in [-0.15, -0.1) is 11.8 Å². The lowest BCUT2D eigenvalue weighted by atomic mass is 10.4. The van der Waals surface area contributed by atoms with Gasteiger partial charge in [-0.05, 0) is 18.2 Å². The van der Waals surface area contributed by atoms with Gasteiger partial charge in [-0.3, -0.25) is 0 Å². The summed E-state index contributed by atoms with van der Waals surface area (Å²) in [5, 5.41) is 0.742. The van der Waals surface area contributed by atoms with Crippen LogP contribution in [0.15, 0.2) is 23.1 Å². The molecule has 1 radical (unpaired) electrons. The molecule has 0 aliphatic carbocycles. The molecule has 11 heavy (non-hydrogen) atoms. The number of hydrogen-bond acceptors (Lipinski definition) is 1. The van der Waals surface area contributed by atoms with E-state index < -0.39 is 0 Å². The first-order valence-corrected chi connectivity index (χ1v) is 5.00. The minimum absolute atomic E-state index is 0.742. The fraction of sp³-hybridized carbons (Fsp3) is 0.333. The Hall–Kier alpha value is -0.140. The van der Waals surface area contributed by atoms with Gasteiger partial charge in [-0.25, -0.2) is 0 Å². The van der Waals surface area contributed by atoms with E-state index in [4.69, 9.17) is 11.6 Å². The van der Waals surface area contributed by atoms with Crippen LogP contribution >= 0.6 is 23.4 Å². The minimum Gasteiger partial charge on any atom is -0.125 e. The van der Waals surface area contributed by atoms with Gasteiger partial charge in [-0.1, -0.05) is 30.7 Å². The third kappa shape index (κ3) is 2.76. The topological polar surface area (TPSA) is 0 Å². The Bertz CT molecular complexity index is 223. The van der Waals surface area contributed by atoms with Crippen molar-refractivity contribution in [3.8, 4) is 0 Å². The highest BCUT2D eigenvalue weighted by Crippen LogP contribution is 2.26. The largest absolute Gasteiger partial charge is 0.125 e. The Morgan fingerprint density at radius 3 is 3.09 bits per heavy atom. The van der Waals surface area contributed by atoms with Gasteiger partial charge in [0.1, 0.15) is 0 Å². The number of benzene rings is 1. The Labute approximate surface area is 77.0 Å². The molecule has 1 aromatic carbocycles. The lowest BCUT2D eigenvalue weighted by Crippen LogP contribution is -1.76. The molecule has 0 N–H and O–H groups in total. The Morgan fingerprint density at radius 1 is 1.64 bits per heavy atom. The van der Waals surface area contributed by atoms with Gasteiger partial charge in [0.05, 0.1) is 5.02 Å². The monoisotopic (exact) mass is 185 g/mol. The van der Waals surface area contributed by atoms with Crippen LogP contribution in [0.25, 0.3) is 0 Å². The van der Waals surface area contributed by atoms with Gasteiger partial charge in [-0.2, -0.15) is 0 Å². The fourth-order valence-corrected chi connectivity index (χ4v) is 1.80. The lowest BCUT2D eigenvalue weighted by Gasteiger charge is -2.00. The standard InChI is InChI=1S/C9H10ClS/c1-2-7-11-9-6-4-3-5-8(9)10/h3-4,6H,2,7H2,1H3. The summed E-state index contributed by atoms with van der Waals surface area (Å²) in [4.78, 5) is 1.14. The molecule has 0 aliphatic heterocycles. The van der Waals surface area contributed by atoms with Crippen molar-refractivity contribution in [2.75, 3.05) is 5.75 Å². The average Bonchev–Trinajstić information content (AvgIpc) is 2.03. The molecule has 0 fully saturated rings. The Balaban J connectivity index is 2.62. The van der Waals surface area contributed by atoms with Gasteiger partial charge >= 0.3 is 0 Å². The molecule has 0 heterocycles. The van der Waals surface area contributed by atoms with Gasteiger partial charge in [0, 0.05) is 11.0 Å². The molecular weight excluding hydrogens is 176 g/mol. The molecule has 0 bridgehead atoms. The Morgan fingerprint density at radius 2 is 2.45 bits per heavy atom. The van der Waals surface area contributed by atoms with Crippen LogP contribution in [0.3, 0.4) is 0 Å². The summed E-state index contributed by atoms with van der Waals surface area (Å²) in [6.07, 6.45) is 1.18. The lowest BCUT2D eigenvalue weighted by molar-refractivity contribution is 1.10. The van der Waals surface area contributed by atoms with Crippen LogP contribution in [0.4, 0.5) is 0 Å². The molecule has 1 rings (SSSR count). The highest BCUT2D eigenvalue weighted by Gasteiger charge is 1.97. The SMILES string of the molecule is CCCSc1ccc[c]c1Cl. The van der Waals surface area contributed by atoms with E-state index >= 15 is 0 Å². The summed E-state index contributed by atoms with van der Waals surface area (Å²) in [6.45, 7) is 2.16. The van der Waals surface area contributed by atoms with Crippen molar-refractivity contribution < 1.29 is 0 Å². The predicted molar refractivity (Wildman–Crippen MR) is 51.3 cm³/mol. The molecule has 0 nitrogen and oxygen atoms in total. The molecule has 1 aromatic rings. The van der Waals surface area contributed by atoms with Gasteiger partial charge in [0.15, 0.2) is 0 Å². The molecule has 59 valence electrons. The van der Waals surface area contributed by atoms with Crippen LogP contribution < -0.4 is 0 Å². The zero-order valence-electron chi connectivity index (χ0n) is 6.43. The number of halogens is 1. The molecule has 0 spiro atoms. The van der Waals surface area contributed by atoms with Crippen LogP contribution in [0, 0.1) is 6.07 Å². The predicted octanol–water partition coefficient (Wildman–Crippen LogP) is 3.64. The van der Waals surface area contributed by atoms with E-state index in [0.717, 1.165) is 15.7 Å². The van der Waals surface area contributed by atoms with E-state index in [1.165, 1.54) is 6.42 Å². The van der Waals surface area contributed by atoms with Crippen LogP contribution in [-0.4, -0.2) is 5.75 Å². The van der Waals surface area contributed by atoms with Crippen LogP contribution in [-0.2, 0) is 0 Å². The quantitative estimate of drug-likeness (QED) is 0.648. The first kappa shape index (κ1) is 8.95. The highest BCUT2D eigenvalue weighted by atomic mass is 35.5. The van der Waals surface area contributed by atoms with Crippen molar-refractivity contribution >= 4 is 23.4 Å². The molecule has 2 heteroatoms. The smallest absolute Gasteiger partial charge is 0.0620 e. The molecule has 0 saturated carbocycles. The number of thioether (sulfide) groups is 1. The summed E-state index contributed by atoms with van der Waals surface area (Å²) < 4.78 is 0. The summed E-state index contributed by atoms with van der Waals surface area (Å²) in [6, 6.07) is 8.77. The van der Waals surface area contributed by atoms with Crippen LogP contribution in [0.1, 0.15) is 13.3 Å². The third-order valence-electron chi connectivity index (χ3n) is 1.23. The van der Waals surface area contributed by atoms with E-state index in [0.29, 0.717) is 0 Å². The molecule has 0 aliphatic rings. The molecule has 0 amide bonds. The first-order valence-electron chi connectivity index (χ1n) is 3.63. The Kier molecular flexibility index (Phi) is 3.81. The fourth-order valence-electron chi connectivity index (χ4n) is 0.725.